The first kappa shape index (κ1) is 25.6. The Bertz CT molecular complexity index is 1080. The topological polar surface area (TPSA) is 75.3 Å². The number of carbonyl (C=O) groups is 3. The fraction of sp³-hybridized carbons (Fsp3) is 0.633. The van der Waals surface area contributed by atoms with Gasteiger partial charge in [0.2, 0.25) is 0 Å². The molecule has 0 radical (unpaired) electrons. The van der Waals surface area contributed by atoms with Gasteiger partial charge in [-0.1, -0.05) is 25.5 Å². The van der Waals surface area contributed by atoms with E-state index >= 15 is 0 Å². The molecule has 4 aliphatic carbocycles. The summed E-state index contributed by atoms with van der Waals surface area (Å²) in [5, 5.41) is 5.93. The number of nitrogens with one attached hydrogen (secondary N) is 2. The Morgan fingerprint density at radius 2 is 1.81 bits per heavy atom. The number of urea groups is 1. The monoisotopic (exact) mass is 508 g/mol. The molecule has 5 nitrogen and oxygen atoms in total. The quantitative estimate of drug-likeness (QED) is 0.438. The molecule has 0 bridgehead atoms. The molecule has 0 spiro atoms. The van der Waals surface area contributed by atoms with Gasteiger partial charge in [-0.05, 0) is 98.8 Å². The number of thioether (sulfide) groups is 1. The van der Waals surface area contributed by atoms with Crippen LogP contribution >= 0.6 is 11.8 Å². The minimum absolute atomic E-state index is 0.0818. The van der Waals surface area contributed by atoms with E-state index in [1.54, 1.807) is 6.92 Å². The van der Waals surface area contributed by atoms with Gasteiger partial charge in [0.15, 0.2) is 0 Å². The molecule has 5 rings (SSSR count). The van der Waals surface area contributed by atoms with Gasteiger partial charge >= 0.3 is 6.03 Å². The van der Waals surface area contributed by atoms with Crippen LogP contribution in [0.3, 0.4) is 0 Å². The highest BCUT2D eigenvalue weighted by Crippen LogP contribution is 2.67. The zero-order valence-corrected chi connectivity index (χ0v) is 22.9. The summed E-state index contributed by atoms with van der Waals surface area (Å²) >= 11 is 1.90. The lowest BCUT2D eigenvalue weighted by molar-refractivity contribution is -0.128. The molecule has 0 aromatic heterocycles. The molecule has 36 heavy (non-hydrogen) atoms. The Morgan fingerprint density at radius 1 is 1.06 bits per heavy atom. The van der Waals surface area contributed by atoms with Crippen LogP contribution in [-0.4, -0.2) is 29.4 Å². The first-order valence-electron chi connectivity index (χ1n) is 13.7. The fourth-order valence-electron chi connectivity index (χ4n) is 8.33. The van der Waals surface area contributed by atoms with Crippen molar-refractivity contribution in [2.45, 2.75) is 82.8 Å². The molecular formula is C30H40N2O3S. The molecule has 0 unspecified atom stereocenters. The molecule has 1 aromatic rings. The van der Waals surface area contributed by atoms with Gasteiger partial charge < -0.3 is 10.6 Å². The highest BCUT2D eigenvalue weighted by molar-refractivity contribution is 8.00. The van der Waals surface area contributed by atoms with E-state index in [1.807, 2.05) is 30.8 Å². The lowest BCUT2D eigenvalue weighted by Gasteiger charge is -2.59. The van der Waals surface area contributed by atoms with Gasteiger partial charge in [0, 0.05) is 41.1 Å². The van der Waals surface area contributed by atoms with Gasteiger partial charge in [0.25, 0.3) is 0 Å². The Hall–Kier alpha value is -2.08. The second kappa shape index (κ2) is 9.66. The van der Waals surface area contributed by atoms with Crippen LogP contribution in [-0.2, 0) is 9.59 Å². The molecular weight excluding hydrogens is 468 g/mol. The van der Waals surface area contributed by atoms with Crippen molar-refractivity contribution in [2.75, 3.05) is 11.9 Å². The number of hydrogen-bond acceptors (Lipinski definition) is 4. The molecule has 194 valence electrons. The second-order valence-electron chi connectivity index (χ2n) is 12.0. The average molecular weight is 509 g/mol. The molecule has 3 saturated carbocycles. The Kier molecular flexibility index (Phi) is 6.86. The van der Waals surface area contributed by atoms with Gasteiger partial charge in [-0.25, -0.2) is 4.79 Å². The second-order valence-corrected chi connectivity index (χ2v) is 13.2. The molecule has 0 heterocycles. The normalized spacial score (nSPS) is 37.3. The summed E-state index contributed by atoms with van der Waals surface area (Å²) in [5.74, 6) is 2.52. The molecule has 4 aliphatic rings. The molecule has 6 heteroatoms. The minimum atomic E-state index is -0.193. The van der Waals surface area contributed by atoms with E-state index in [1.165, 1.54) is 10.5 Å². The number of benzene rings is 1. The molecule has 2 amide bonds. The summed E-state index contributed by atoms with van der Waals surface area (Å²) in [6.07, 6.45) is 9.15. The van der Waals surface area contributed by atoms with Crippen molar-refractivity contribution in [1.82, 2.24) is 5.32 Å². The maximum Gasteiger partial charge on any atom is 0.319 e. The molecule has 1 aromatic carbocycles. The van der Waals surface area contributed by atoms with Gasteiger partial charge in [0.1, 0.15) is 11.6 Å². The number of carbonyl (C=O) groups excluding carboxylic acids is 3. The van der Waals surface area contributed by atoms with E-state index in [-0.39, 0.29) is 22.8 Å². The number of fused-ring (bicyclic) bond motifs is 5. The summed E-state index contributed by atoms with van der Waals surface area (Å²) in [5.41, 5.74) is 2.32. The van der Waals surface area contributed by atoms with Crippen LogP contribution in [0.1, 0.15) is 72.6 Å². The van der Waals surface area contributed by atoms with Gasteiger partial charge in [-0.15, -0.1) is 11.8 Å². The molecule has 0 aliphatic heterocycles. The average Bonchev–Trinajstić information content (AvgIpc) is 3.19. The van der Waals surface area contributed by atoms with Crippen LogP contribution in [0.5, 0.6) is 0 Å². The molecule has 2 N–H and O–H groups in total. The highest BCUT2D eigenvalue weighted by Gasteiger charge is 2.61. The first-order valence-corrected chi connectivity index (χ1v) is 14.6. The number of anilines is 1. The van der Waals surface area contributed by atoms with Crippen molar-refractivity contribution in [3.8, 4) is 0 Å². The van der Waals surface area contributed by atoms with Gasteiger partial charge in [-0.2, -0.15) is 0 Å². The van der Waals surface area contributed by atoms with Crippen molar-refractivity contribution in [2.24, 2.45) is 34.5 Å². The van der Waals surface area contributed by atoms with Crippen LogP contribution in [0.15, 0.2) is 40.8 Å². The first-order chi connectivity index (χ1) is 17.2. The van der Waals surface area contributed by atoms with Gasteiger partial charge in [0.05, 0.1) is 0 Å². The highest BCUT2D eigenvalue weighted by atomic mass is 32.2. The predicted octanol–water partition coefficient (Wildman–Crippen LogP) is 6.64. The van der Waals surface area contributed by atoms with Crippen LogP contribution in [0, 0.1) is 34.5 Å². The fourth-order valence-corrected chi connectivity index (χ4v) is 9.71. The van der Waals surface area contributed by atoms with Crippen molar-refractivity contribution < 1.29 is 14.4 Å². The zero-order chi connectivity index (χ0) is 25.7. The number of Topliss-reactive ketones (excluding diaryl/α,β-unsaturated/α-hetero) is 2. The van der Waals surface area contributed by atoms with Crippen LogP contribution < -0.4 is 10.6 Å². The van der Waals surface area contributed by atoms with Crippen molar-refractivity contribution in [3.05, 3.63) is 35.9 Å². The number of ketones is 2. The summed E-state index contributed by atoms with van der Waals surface area (Å²) in [6.45, 7) is 9.09. The molecule has 3 fully saturated rings. The van der Waals surface area contributed by atoms with Crippen molar-refractivity contribution in [3.63, 3.8) is 0 Å². The Balaban J connectivity index is 1.46. The van der Waals surface area contributed by atoms with Crippen LogP contribution in [0.4, 0.5) is 10.5 Å². The van der Waals surface area contributed by atoms with E-state index in [0.29, 0.717) is 54.0 Å². The number of hydrogen-bond donors (Lipinski definition) is 2. The van der Waals surface area contributed by atoms with E-state index in [9.17, 15) is 14.4 Å². The van der Waals surface area contributed by atoms with Gasteiger partial charge in [-0.3, -0.25) is 9.59 Å². The Morgan fingerprint density at radius 3 is 2.50 bits per heavy atom. The standard InChI is InChI=1S/C30H40N2O3S/c1-5-31-28(35)32-20-6-8-22(9-7-20)36-26-17-19-16-21(34)12-14-29(19,3)25-13-15-30(4)23(18(2)33)10-11-24(30)27(25)26/h6-9,17,23-27H,5,10-16H2,1-4H3,(H2,31,32,35)/t23-,24+,25+,26-,27+,29+,30-/m1/s1. The summed E-state index contributed by atoms with van der Waals surface area (Å²) in [7, 11) is 0. The van der Waals surface area contributed by atoms with Crippen molar-refractivity contribution >= 4 is 35.0 Å². The van der Waals surface area contributed by atoms with E-state index in [2.05, 4.69) is 42.7 Å². The third kappa shape index (κ3) is 4.33. The van der Waals surface area contributed by atoms with E-state index in [4.69, 9.17) is 0 Å². The summed E-state index contributed by atoms with van der Waals surface area (Å²) in [4.78, 5) is 38.2. The van der Waals surface area contributed by atoms with E-state index < -0.39 is 0 Å². The summed E-state index contributed by atoms with van der Waals surface area (Å²) < 4.78 is 0. The third-order valence-corrected chi connectivity index (χ3v) is 11.4. The SMILES string of the molecule is CCNC(=O)Nc1ccc(S[C@@H]2C=C3CC(=O)CC[C@]3(C)[C@H]3CC[C@]4(C)[C@@H](C(C)=O)CC[C@H]4[C@H]23)cc1. The smallest absolute Gasteiger partial charge is 0.319 e. The van der Waals surface area contributed by atoms with Crippen LogP contribution in [0.2, 0.25) is 0 Å². The number of amides is 2. The van der Waals surface area contributed by atoms with Crippen LogP contribution in [0.25, 0.3) is 0 Å². The molecule has 0 saturated heterocycles. The predicted molar refractivity (Wildman–Crippen MR) is 145 cm³/mol. The maximum atomic E-state index is 12.6. The Labute approximate surface area is 219 Å². The largest absolute Gasteiger partial charge is 0.338 e. The van der Waals surface area contributed by atoms with E-state index in [0.717, 1.165) is 37.8 Å². The summed E-state index contributed by atoms with van der Waals surface area (Å²) in [6, 6.07) is 7.92. The zero-order valence-electron chi connectivity index (χ0n) is 22.1. The number of allylic oxidation sites excluding steroid dienone is 1. The minimum Gasteiger partial charge on any atom is -0.338 e. The number of rotatable bonds is 5. The lowest BCUT2D eigenvalue weighted by atomic mass is 9.47. The molecule has 7 atom stereocenters. The third-order valence-electron chi connectivity index (χ3n) is 10.2. The maximum absolute atomic E-state index is 12.6. The van der Waals surface area contributed by atoms with Crippen molar-refractivity contribution in [1.29, 1.82) is 0 Å². The lowest BCUT2D eigenvalue weighted by Crippen LogP contribution is -2.54.